The average molecular weight is 193 g/mol. The third kappa shape index (κ3) is 1.52. The first-order valence-electron chi connectivity index (χ1n) is 4.40. The van der Waals surface area contributed by atoms with Gasteiger partial charge in [0.2, 0.25) is 0 Å². The number of pyridine rings is 1. The molecule has 2 rings (SSSR count). The predicted molar refractivity (Wildman–Crippen MR) is 56.4 cm³/mol. The van der Waals surface area contributed by atoms with E-state index >= 15 is 0 Å². The van der Waals surface area contributed by atoms with E-state index in [1.165, 1.54) is 11.3 Å². The van der Waals surface area contributed by atoms with Gasteiger partial charge in [-0.2, -0.15) is 0 Å². The highest BCUT2D eigenvalue weighted by Crippen LogP contribution is 2.16. The van der Waals surface area contributed by atoms with Crippen molar-refractivity contribution in [3.05, 3.63) is 33.6 Å². The second-order valence-corrected chi connectivity index (χ2v) is 3.99. The summed E-state index contributed by atoms with van der Waals surface area (Å²) < 4.78 is 0.833. The molecule has 0 aliphatic heterocycles. The third-order valence-electron chi connectivity index (χ3n) is 2.03. The molecule has 2 heterocycles. The Bertz CT molecular complexity index is 469. The van der Waals surface area contributed by atoms with E-state index in [1.807, 2.05) is 11.4 Å². The molecule has 0 bridgehead atoms. The molecule has 0 aromatic carbocycles. The molecule has 0 atom stereocenters. The normalized spacial score (nSPS) is 10.8. The lowest BCUT2D eigenvalue weighted by Gasteiger charge is -1.97. The number of rotatable bonds is 2. The number of aryl methyl sites for hydroxylation is 1. The van der Waals surface area contributed by atoms with Crippen LogP contribution in [0.1, 0.15) is 19.0 Å². The predicted octanol–water partition coefficient (Wildman–Crippen LogP) is 2.54. The minimum absolute atomic E-state index is 0.0518. The molecule has 0 spiro atoms. The smallest absolute Gasteiger partial charge is 0.266 e. The molecule has 0 saturated carbocycles. The van der Waals surface area contributed by atoms with E-state index in [2.05, 4.69) is 18.0 Å². The van der Waals surface area contributed by atoms with Crippen LogP contribution in [0.25, 0.3) is 10.1 Å². The van der Waals surface area contributed by atoms with Crippen LogP contribution in [0.15, 0.2) is 22.3 Å². The lowest BCUT2D eigenvalue weighted by Crippen LogP contribution is -2.07. The summed E-state index contributed by atoms with van der Waals surface area (Å²) in [7, 11) is 0. The van der Waals surface area contributed by atoms with Gasteiger partial charge in [-0.3, -0.25) is 4.79 Å². The second-order valence-electron chi connectivity index (χ2n) is 3.08. The highest BCUT2D eigenvalue weighted by atomic mass is 32.1. The molecule has 3 heteroatoms. The first-order chi connectivity index (χ1) is 6.31. The maximum atomic E-state index is 11.5. The van der Waals surface area contributed by atoms with Gasteiger partial charge in [-0.15, -0.1) is 11.3 Å². The molecule has 2 aromatic heterocycles. The molecule has 0 aliphatic rings. The summed E-state index contributed by atoms with van der Waals surface area (Å²) in [5.74, 6) is 0. The molecular formula is C10H11NOS. The minimum Gasteiger partial charge on any atom is -0.325 e. The first-order valence-corrected chi connectivity index (χ1v) is 5.28. The molecule has 68 valence electrons. The average Bonchev–Trinajstić information content (AvgIpc) is 2.53. The number of aromatic amines is 1. The van der Waals surface area contributed by atoms with Crippen LogP contribution in [0.2, 0.25) is 0 Å². The highest BCUT2D eigenvalue weighted by Gasteiger charge is 2.01. The Labute approximate surface area is 80.2 Å². The van der Waals surface area contributed by atoms with E-state index in [9.17, 15) is 4.79 Å². The monoisotopic (exact) mass is 193 g/mol. The Morgan fingerprint density at radius 2 is 2.38 bits per heavy atom. The summed E-state index contributed by atoms with van der Waals surface area (Å²) in [5, 5.41) is 3.02. The van der Waals surface area contributed by atoms with Crippen molar-refractivity contribution in [1.82, 2.24) is 4.98 Å². The third-order valence-corrected chi connectivity index (χ3v) is 2.95. The van der Waals surface area contributed by atoms with Gasteiger partial charge in [0, 0.05) is 5.69 Å². The molecular weight excluding hydrogens is 182 g/mol. The SMILES string of the molecule is CCCc1cc2ccsc2c(=O)[nH]1. The Morgan fingerprint density at radius 1 is 1.54 bits per heavy atom. The van der Waals surface area contributed by atoms with Crippen molar-refractivity contribution in [3.63, 3.8) is 0 Å². The summed E-state index contributed by atoms with van der Waals surface area (Å²) in [5.41, 5.74) is 1.09. The van der Waals surface area contributed by atoms with Crippen LogP contribution in [0.3, 0.4) is 0 Å². The second kappa shape index (κ2) is 3.34. The van der Waals surface area contributed by atoms with Crippen LogP contribution >= 0.6 is 11.3 Å². The van der Waals surface area contributed by atoms with E-state index in [0.717, 1.165) is 28.6 Å². The molecule has 0 amide bonds. The lowest BCUT2D eigenvalue weighted by atomic mass is 10.2. The van der Waals surface area contributed by atoms with E-state index in [4.69, 9.17) is 0 Å². The van der Waals surface area contributed by atoms with Crippen molar-refractivity contribution in [1.29, 1.82) is 0 Å². The highest BCUT2D eigenvalue weighted by molar-refractivity contribution is 7.17. The Morgan fingerprint density at radius 3 is 3.15 bits per heavy atom. The maximum Gasteiger partial charge on any atom is 0.266 e. The number of H-pyrrole nitrogens is 1. The zero-order valence-electron chi connectivity index (χ0n) is 7.46. The van der Waals surface area contributed by atoms with Gasteiger partial charge < -0.3 is 4.98 Å². The number of hydrogen-bond acceptors (Lipinski definition) is 2. The molecule has 1 N–H and O–H groups in total. The quantitative estimate of drug-likeness (QED) is 0.781. The summed E-state index contributed by atoms with van der Waals surface area (Å²) in [6.45, 7) is 2.11. The number of hydrogen-bond donors (Lipinski definition) is 1. The van der Waals surface area contributed by atoms with Gasteiger partial charge in [-0.25, -0.2) is 0 Å². The van der Waals surface area contributed by atoms with Gasteiger partial charge >= 0.3 is 0 Å². The van der Waals surface area contributed by atoms with Gasteiger partial charge in [-0.05, 0) is 29.3 Å². The fourth-order valence-electron chi connectivity index (χ4n) is 1.45. The van der Waals surface area contributed by atoms with Gasteiger partial charge in [0.1, 0.15) is 0 Å². The van der Waals surface area contributed by atoms with E-state index in [-0.39, 0.29) is 5.56 Å². The minimum atomic E-state index is 0.0518. The summed E-state index contributed by atoms with van der Waals surface area (Å²) >= 11 is 1.50. The molecule has 0 fully saturated rings. The lowest BCUT2D eigenvalue weighted by molar-refractivity contribution is 0.880. The van der Waals surface area contributed by atoms with Crippen LogP contribution in [0.5, 0.6) is 0 Å². The van der Waals surface area contributed by atoms with Crippen molar-refractivity contribution < 1.29 is 0 Å². The van der Waals surface area contributed by atoms with Gasteiger partial charge in [0.15, 0.2) is 0 Å². The first kappa shape index (κ1) is 8.51. The number of aromatic nitrogens is 1. The molecule has 13 heavy (non-hydrogen) atoms. The molecule has 2 nitrogen and oxygen atoms in total. The fraction of sp³-hybridized carbons (Fsp3) is 0.300. The zero-order chi connectivity index (χ0) is 9.26. The summed E-state index contributed by atoms with van der Waals surface area (Å²) in [6, 6.07) is 4.06. The van der Waals surface area contributed by atoms with Crippen molar-refractivity contribution in [2.75, 3.05) is 0 Å². The van der Waals surface area contributed by atoms with Gasteiger partial charge in [0.25, 0.3) is 5.56 Å². The van der Waals surface area contributed by atoms with Crippen LogP contribution in [-0.4, -0.2) is 4.98 Å². The Balaban J connectivity index is 2.63. The molecule has 2 aromatic rings. The van der Waals surface area contributed by atoms with Crippen molar-refractivity contribution in [3.8, 4) is 0 Å². The molecule has 0 radical (unpaired) electrons. The topological polar surface area (TPSA) is 32.9 Å². The Hall–Kier alpha value is -1.09. The van der Waals surface area contributed by atoms with E-state index < -0.39 is 0 Å². The molecule has 0 aliphatic carbocycles. The molecule has 0 saturated heterocycles. The largest absolute Gasteiger partial charge is 0.325 e. The number of nitrogens with one attached hydrogen (secondary N) is 1. The van der Waals surface area contributed by atoms with Crippen LogP contribution < -0.4 is 5.56 Å². The van der Waals surface area contributed by atoms with E-state index in [1.54, 1.807) is 0 Å². The standard InChI is InChI=1S/C10H11NOS/c1-2-3-8-6-7-4-5-13-9(7)10(12)11-8/h4-6H,2-3H2,1H3,(H,11,12). The number of fused-ring (bicyclic) bond motifs is 1. The van der Waals surface area contributed by atoms with Crippen LogP contribution in [-0.2, 0) is 6.42 Å². The Kier molecular flexibility index (Phi) is 2.19. The van der Waals surface area contributed by atoms with Gasteiger partial charge in [0.05, 0.1) is 4.70 Å². The number of thiophene rings is 1. The van der Waals surface area contributed by atoms with Crippen molar-refractivity contribution in [2.45, 2.75) is 19.8 Å². The summed E-state index contributed by atoms with van der Waals surface area (Å²) in [6.07, 6.45) is 2.01. The van der Waals surface area contributed by atoms with Crippen molar-refractivity contribution in [2.24, 2.45) is 0 Å². The fourth-order valence-corrected chi connectivity index (χ4v) is 2.22. The van der Waals surface area contributed by atoms with E-state index in [0.29, 0.717) is 0 Å². The van der Waals surface area contributed by atoms with Crippen LogP contribution in [0, 0.1) is 0 Å². The maximum absolute atomic E-state index is 11.5. The molecule has 0 unspecified atom stereocenters. The van der Waals surface area contributed by atoms with Gasteiger partial charge in [-0.1, -0.05) is 13.3 Å². The summed E-state index contributed by atoms with van der Waals surface area (Å²) in [4.78, 5) is 14.4. The zero-order valence-corrected chi connectivity index (χ0v) is 8.28. The van der Waals surface area contributed by atoms with Crippen molar-refractivity contribution >= 4 is 21.4 Å². The van der Waals surface area contributed by atoms with Crippen LogP contribution in [0.4, 0.5) is 0 Å².